The van der Waals surface area contributed by atoms with E-state index >= 15 is 0 Å². The number of aliphatic carboxylic acids is 1. The van der Waals surface area contributed by atoms with E-state index in [0.717, 1.165) is 6.08 Å². The standard InChI is InChI=1S/C19H21N3O6/c1-3-14(23)19(21,18(25)26)28-13-9-12(22-27)16(20)10(2)15(13)17(24)11-7-5-4-6-8-11/h4-9,16,27H,3,20-21H2,1-2H3,(H,25,26). The molecule has 1 aromatic carbocycles. The number of allylic oxidation sites excluding steroid dienone is 1. The van der Waals surface area contributed by atoms with Crippen molar-refractivity contribution in [3.63, 3.8) is 0 Å². The highest BCUT2D eigenvalue weighted by Crippen LogP contribution is 2.30. The van der Waals surface area contributed by atoms with Crippen LogP contribution in [0.2, 0.25) is 0 Å². The van der Waals surface area contributed by atoms with Gasteiger partial charge in [-0.3, -0.25) is 15.3 Å². The largest absolute Gasteiger partial charge is 0.477 e. The van der Waals surface area contributed by atoms with Crippen molar-refractivity contribution < 1.29 is 29.4 Å². The van der Waals surface area contributed by atoms with Crippen molar-refractivity contribution in [2.24, 2.45) is 16.6 Å². The first kappa shape index (κ1) is 21.0. The zero-order chi connectivity index (χ0) is 21.1. The maximum atomic E-state index is 13.0. The Labute approximate surface area is 161 Å². The van der Waals surface area contributed by atoms with Crippen LogP contribution < -0.4 is 11.5 Å². The molecule has 0 spiro atoms. The summed E-state index contributed by atoms with van der Waals surface area (Å²) in [6, 6.07) is 7.23. The number of carbonyl (C=O) groups is 3. The van der Waals surface area contributed by atoms with Gasteiger partial charge >= 0.3 is 11.7 Å². The smallest absolute Gasteiger partial charge is 0.372 e. The molecule has 0 aromatic heterocycles. The Morgan fingerprint density at radius 3 is 2.36 bits per heavy atom. The van der Waals surface area contributed by atoms with Gasteiger partial charge in [0, 0.05) is 18.1 Å². The maximum Gasteiger partial charge on any atom is 0.372 e. The quantitative estimate of drug-likeness (QED) is 0.177. The molecule has 0 fully saturated rings. The molecule has 1 aliphatic carbocycles. The third-order valence-corrected chi connectivity index (χ3v) is 4.41. The number of carboxylic acid groups (broad SMARTS) is 1. The van der Waals surface area contributed by atoms with E-state index < -0.39 is 29.3 Å². The van der Waals surface area contributed by atoms with Gasteiger partial charge in [0.2, 0.25) is 5.78 Å². The fourth-order valence-electron chi connectivity index (χ4n) is 2.72. The second kappa shape index (κ2) is 8.15. The summed E-state index contributed by atoms with van der Waals surface area (Å²) in [5.41, 5.74) is 9.44. The number of nitrogens with two attached hydrogens (primary N) is 2. The van der Waals surface area contributed by atoms with E-state index in [4.69, 9.17) is 16.2 Å². The zero-order valence-electron chi connectivity index (χ0n) is 15.4. The van der Waals surface area contributed by atoms with Gasteiger partial charge < -0.3 is 20.8 Å². The Bertz CT molecular complexity index is 904. The molecule has 1 aliphatic rings. The minimum atomic E-state index is -2.72. The van der Waals surface area contributed by atoms with E-state index in [1.165, 1.54) is 13.8 Å². The van der Waals surface area contributed by atoms with Crippen LogP contribution >= 0.6 is 0 Å². The number of carboxylic acids is 1. The van der Waals surface area contributed by atoms with E-state index in [-0.39, 0.29) is 29.0 Å². The van der Waals surface area contributed by atoms with Gasteiger partial charge in [-0.25, -0.2) is 4.79 Å². The van der Waals surface area contributed by atoms with Crippen molar-refractivity contribution in [3.05, 3.63) is 58.9 Å². The number of ether oxygens (including phenoxy) is 1. The van der Waals surface area contributed by atoms with Gasteiger partial charge in [-0.1, -0.05) is 42.4 Å². The first-order chi connectivity index (χ1) is 13.2. The van der Waals surface area contributed by atoms with Crippen molar-refractivity contribution in [1.29, 1.82) is 0 Å². The van der Waals surface area contributed by atoms with Gasteiger partial charge in [-0.05, 0) is 12.5 Å². The highest BCUT2D eigenvalue weighted by atomic mass is 16.5. The first-order valence-corrected chi connectivity index (χ1v) is 8.42. The third kappa shape index (κ3) is 3.71. The molecular formula is C19H21N3O6. The molecule has 0 heterocycles. The van der Waals surface area contributed by atoms with Crippen molar-refractivity contribution in [2.75, 3.05) is 0 Å². The summed E-state index contributed by atoms with van der Waals surface area (Å²) in [4.78, 5) is 36.8. The SMILES string of the molecule is CCC(=O)C(N)(OC1=CC(=NO)C(N)C(C)=C1C(=O)c1ccccc1)C(=O)O. The molecule has 6 N–H and O–H groups in total. The van der Waals surface area contributed by atoms with Gasteiger partial charge in [0.15, 0.2) is 5.78 Å². The number of hydrogen-bond acceptors (Lipinski definition) is 8. The molecule has 0 aliphatic heterocycles. The summed E-state index contributed by atoms with van der Waals surface area (Å²) < 4.78 is 5.36. The molecule has 2 rings (SSSR count). The van der Waals surface area contributed by atoms with E-state index in [1.807, 2.05) is 0 Å². The fraction of sp³-hybridized carbons (Fsp3) is 0.263. The summed E-state index contributed by atoms with van der Waals surface area (Å²) in [5, 5.41) is 21.7. The van der Waals surface area contributed by atoms with E-state index in [1.54, 1.807) is 30.3 Å². The molecule has 9 nitrogen and oxygen atoms in total. The van der Waals surface area contributed by atoms with Crippen LogP contribution in [-0.4, -0.2) is 45.3 Å². The minimum absolute atomic E-state index is 0.0499. The Balaban J connectivity index is 2.61. The summed E-state index contributed by atoms with van der Waals surface area (Å²) in [6.07, 6.45) is 0.891. The lowest BCUT2D eigenvalue weighted by Gasteiger charge is -2.30. The first-order valence-electron chi connectivity index (χ1n) is 8.42. The summed E-state index contributed by atoms with van der Waals surface area (Å²) in [6.45, 7) is 2.95. The van der Waals surface area contributed by atoms with Crippen molar-refractivity contribution in [1.82, 2.24) is 0 Å². The van der Waals surface area contributed by atoms with Crippen molar-refractivity contribution in [2.45, 2.75) is 32.0 Å². The van der Waals surface area contributed by atoms with Crippen molar-refractivity contribution >= 4 is 23.2 Å². The van der Waals surface area contributed by atoms with Crippen LogP contribution in [0.1, 0.15) is 30.6 Å². The molecule has 0 amide bonds. The Morgan fingerprint density at radius 2 is 1.86 bits per heavy atom. The van der Waals surface area contributed by atoms with E-state index in [9.17, 15) is 24.7 Å². The maximum absolute atomic E-state index is 13.0. The highest BCUT2D eigenvalue weighted by Gasteiger charge is 2.46. The number of nitrogens with zero attached hydrogens (tertiary/aromatic N) is 1. The van der Waals surface area contributed by atoms with Gasteiger partial charge in [-0.2, -0.15) is 0 Å². The van der Waals surface area contributed by atoms with Crippen LogP contribution in [0.25, 0.3) is 0 Å². The molecule has 0 saturated carbocycles. The normalized spacial score (nSPS) is 20.4. The summed E-state index contributed by atoms with van der Waals surface area (Å²) >= 11 is 0. The average molecular weight is 387 g/mol. The second-order valence-electron chi connectivity index (χ2n) is 6.18. The molecule has 148 valence electrons. The van der Waals surface area contributed by atoms with Crippen LogP contribution in [0, 0.1) is 0 Å². The van der Waals surface area contributed by atoms with E-state index in [0.29, 0.717) is 5.56 Å². The Kier molecular flexibility index (Phi) is 6.12. The van der Waals surface area contributed by atoms with Crippen LogP contribution in [0.15, 0.2) is 58.5 Å². The molecule has 0 bridgehead atoms. The number of hydrogen-bond donors (Lipinski definition) is 4. The fourth-order valence-corrected chi connectivity index (χ4v) is 2.72. The number of Topliss-reactive ketones (excluding diaryl/α,β-unsaturated/α-hetero) is 2. The predicted molar refractivity (Wildman–Crippen MR) is 99.7 cm³/mol. The summed E-state index contributed by atoms with van der Waals surface area (Å²) in [5.74, 6) is -3.44. The lowest BCUT2D eigenvalue weighted by molar-refractivity contribution is -0.166. The molecule has 9 heteroatoms. The van der Waals surface area contributed by atoms with Crippen LogP contribution in [0.5, 0.6) is 0 Å². The molecule has 28 heavy (non-hydrogen) atoms. The number of benzene rings is 1. The molecule has 0 radical (unpaired) electrons. The molecule has 2 unspecified atom stereocenters. The minimum Gasteiger partial charge on any atom is -0.477 e. The van der Waals surface area contributed by atoms with Crippen LogP contribution in [-0.2, 0) is 14.3 Å². The highest BCUT2D eigenvalue weighted by molar-refractivity contribution is 6.16. The summed E-state index contributed by atoms with van der Waals surface area (Å²) in [7, 11) is 0. The van der Waals surface area contributed by atoms with Gasteiger partial charge in [-0.15, -0.1) is 0 Å². The average Bonchev–Trinajstić information content (AvgIpc) is 2.69. The number of rotatable bonds is 7. The topological polar surface area (TPSA) is 165 Å². The zero-order valence-corrected chi connectivity index (χ0v) is 15.4. The molecule has 0 saturated heterocycles. The molecule has 1 aromatic rings. The van der Waals surface area contributed by atoms with Gasteiger partial charge in [0.05, 0.1) is 11.6 Å². The van der Waals surface area contributed by atoms with E-state index in [2.05, 4.69) is 5.16 Å². The van der Waals surface area contributed by atoms with Crippen LogP contribution in [0.4, 0.5) is 0 Å². The third-order valence-electron chi connectivity index (χ3n) is 4.41. The van der Waals surface area contributed by atoms with Crippen molar-refractivity contribution in [3.8, 4) is 0 Å². The van der Waals surface area contributed by atoms with Crippen LogP contribution in [0.3, 0.4) is 0 Å². The second-order valence-corrected chi connectivity index (χ2v) is 6.18. The molecular weight excluding hydrogens is 366 g/mol. The Hall–Kier alpha value is -3.30. The van der Waals surface area contributed by atoms with Gasteiger partial charge in [0.25, 0.3) is 0 Å². The number of ketones is 2. The monoisotopic (exact) mass is 387 g/mol. The van der Waals surface area contributed by atoms with Gasteiger partial charge in [0.1, 0.15) is 11.5 Å². The lowest BCUT2D eigenvalue weighted by Crippen LogP contribution is -2.57. The lowest BCUT2D eigenvalue weighted by atomic mass is 9.87. The predicted octanol–water partition coefficient (Wildman–Crippen LogP) is 0.976. The number of oxime groups is 1. The Morgan fingerprint density at radius 1 is 1.25 bits per heavy atom. The number of carbonyl (C=O) groups excluding carboxylic acids is 2. The molecule has 2 atom stereocenters.